The van der Waals surface area contributed by atoms with Crippen LogP contribution in [0.5, 0.6) is 0 Å². The second-order valence-corrected chi connectivity index (χ2v) is 5.15. The molecule has 1 atom stereocenters. The topological polar surface area (TPSA) is 54.7 Å². The van der Waals surface area contributed by atoms with E-state index in [0.717, 1.165) is 23.5 Å². The fourth-order valence-corrected chi connectivity index (χ4v) is 2.07. The van der Waals surface area contributed by atoms with Crippen LogP contribution in [0.4, 0.5) is 0 Å². The van der Waals surface area contributed by atoms with Gasteiger partial charge in [0.05, 0.1) is 5.69 Å². The summed E-state index contributed by atoms with van der Waals surface area (Å²) in [5.74, 6) is 1.40. The molecule has 0 amide bonds. The molecule has 0 bridgehead atoms. The lowest BCUT2D eigenvalue weighted by Crippen LogP contribution is -2.18. The number of imidazole rings is 1. The molecule has 0 aliphatic rings. The van der Waals surface area contributed by atoms with Gasteiger partial charge in [0.15, 0.2) is 0 Å². The maximum atomic E-state index is 5.84. The predicted molar refractivity (Wildman–Crippen MR) is 75.5 cm³/mol. The fraction of sp³-hybridized carbons (Fsp3) is 0.400. The van der Waals surface area contributed by atoms with Gasteiger partial charge in [-0.1, -0.05) is 44.2 Å². The van der Waals surface area contributed by atoms with E-state index >= 15 is 0 Å². The molecule has 3 N–H and O–H groups in total. The third-order valence-corrected chi connectivity index (χ3v) is 2.92. The maximum absolute atomic E-state index is 5.84. The van der Waals surface area contributed by atoms with Crippen LogP contribution in [0.2, 0.25) is 0 Å². The second kappa shape index (κ2) is 5.36. The first-order valence-electron chi connectivity index (χ1n) is 6.47. The first kappa shape index (κ1) is 12.8. The van der Waals surface area contributed by atoms with E-state index in [-0.39, 0.29) is 6.04 Å². The minimum atomic E-state index is 0.125. The third-order valence-electron chi connectivity index (χ3n) is 2.92. The molecular formula is C15H21N3. The molecule has 3 heteroatoms. The van der Waals surface area contributed by atoms with Crippen molar-refractivity contribution in [2.24, 2.45) is 5.73 Å². The molecule has 2 rings (SSSR count). The molecule has 0 fully saturated rings. The number of hydrogen-bond acceptors (Lipinski definition) is 2. The molecule has 1 aromatic heterocycles. The van der Waals surface area contributed by atoms with Crippen molar-refractivity contribution in [1.29, 1.82) is 0 Å². The number of nitrogens with zero attached hydrogens (tertiary/aromatic N) is 1. The molecule has 0 aliphatic carbocycles. The molecule has 1 unspecified atom stereocenters. The fourth-order valence-electron chi connectivity index (χ4n) is 2.07. The zero-order chi connectivity index (χ0) is 13.1. The van der Waals surface area contributed by atoms with E-state index in [9.17, 15) is 0 Å². The smallest absolute Gasteiger partial charge is 0.108 e. The molecule has 0 saturated carbocycles. The number of nitrogens with two attached hydrogens (primary N) is 1. The quantitative estimate of drug-likeness (QED) is 0.867. The highest BCUT2D eigenvalue weighted by molar-refractivity contribution is 5.62. The van der Waals surface area contributed by atoms with Gasteiger partial charge < -0.3 is 10.7 Å². The van der Waals surface area contributed by atoms with Gasteiger partial charge in [-0.15, -0.1) is 0 Å². The Morgan fingerprint density at radius 1 is 1.17 bits per heavy atom. The zero-order valence-corrected chi connectivity index (χ0v) is 11.3. The monoisotopic (exact) mass is 243 g/mol. The number of rotatable bonds is 4. The van der Waals surface area contributed by atoms with Crippen molar-refractivity contribution in [3.05, 3.63) is 41.9 Å². The van der Waals surface area contributed by atoms with Crippen molar-refractivity contribution < 1.29 is 0 Å². The van der Waals surface area contributed by atoms with Crippen molar-refractivity contribution in [3.8, 4) is 11.3 Å². The van der Waals surface area contributed by atoms with E-state index in [2.05, 4.69) is 31.0 Å². The number of H-pyrrole nitrogens is 1. The lowest BCUT2D eigenvalue weighted by molar-refractivity contribution is 0.705. The molecule has 1 heterocycles. The van der Waals surface area contributed by atoms with E-state index in [1.165, 1.54) is 5.69 Å². The highest BCUT2D eigenvalue weighted by Crippen LogP contribution is 2.27. The summed E-state index contributed by atoms with van der Waals surface area (Å²) in [6.45, 7) is 6.35. The minimum absolute atomic E-state index is 0.125. The van der Waals surface area contributed by atoms with Crippen molar-refractivity contribution in [3.63, 3.8) is 0 Å². The SMILES string of the molecule is CC(N)Cc1nc(-c2ccccc2)c(C(C)C)[nH]1. The largest absolute Gasteiger partial charge is 0.345 e. The van der Waals surface area contributed by atoms with E-state index in [1.54, 1.807) is 0 Å². The number of benzene rings is 1. The average molecular weight is 243 g/mol. The summed E-state index contributed by atoms with van der Waals surface area (Å²) in [6.07, 6.45) is 0.784. The van der Waals surface area contributed by atoms with Crippen molar-refractivity contribution in [1.82, 2.24) is 9.97 Å². The summed E-state index contributed by atoms with van der Waals surface area (Å²) in [7, 11) is 0. The van der Waals surface area contributed by atoms with Crippen LogP contribution in [-0.4, -0.2) is 16.0 Å². The number of aromatic amines is 1. The maximum Gasteiger partial charge on any atom is 0.108 e. The summed E-state index contributed by atoms with van der Waals surface area (Å²) in [4.78, 5) is 8.13. The van der Waals surface area contributed by atoms with Crippen LogP contribution < -0.4 is 5.73 Å². The summed E-state index contributed by atoms with van der Waals surface area (Å²) in [6, 6.07) is 10.4. The van der Waals surface area contributed by atoms with E-state index in [1.807, 2.05) is 25.1 Å². The number of hydrogen-bond donors (Lipinski definition) is 2. The molecule has 1 aromatic carbocycles. The summed E-state index contributed by atoms with van der Waals surface area (Å²) in [5, 5.41) is 0. The summed E-state index contributed by atoms with van der Waals surface area (Å²) < 4.78 is 0. The van der Waals surface area contributed by atoms with Crippen LogP contribution in [0.1, 0.15) is 38.2 Å². The third kappa shape index (κ3) is 2.79. The summed E-state index contributed by atoms with van der Waals surface area (Å²) in [5.41, 5.74) is 9.25. The Balaban J connectivity index is 2.42. The average Bonchev–Trinajstić information content (AvgIpc) is 2.73. The molecule has 0 aliphatic heterocycles. The van der Waals surface area contributed by atoms with E-state index < -0.39 is 0 Å². The normalized spacial score (nSPS) is 12.9. The van der Waals surface area contributed by atoms with Crippen LogP contribution in [0, 0.1) is 0 Å². The Hall–Kier alpha value is -1.61. The Labute approximate surface area is 108 Å². The van der Waals surface area contributed by atoms with E-state index in [0.29, 0.717) is 5.92 Å². The Morgan fingerprint density at radius 3 is 2.39 bits per heavy atom. The van der Waals surface area contributed by atoms with Crippen LogP contribution in [-0.2, 0) is 6.42 Å². The highest BCUT2D eigenvalue weighted by atomic mass is 14.9. The predicted octanol–water partition coefficient (Wildman–Crippen LogP) is 3.09. The molecule has 3 nitrogen and oxygen atoms in total. The van der Waals surface area contributed by atoms with Gasteiger partial charge in [-0.3, -0.25) is 0 Å². The second-order valence-electron chi connectivity index (χ2n) is 5.15. The van der Waals surface area contributed by atoms with Gasteiger partial charge in [0, 0.05) is 23.7 Å². The van der Waals surface area contributed by atoms with Crippen LogP contribution >= 0.6 is 0 Å². The first-order chi connectivity index (χ1) is 8.58. The minimum Gasteiger partial charge on any atom is -0.345 e. The van der Waals surface area contributed by atoms with Gasteiger partial charge >= 0.3 is 0 Å². The van der Waals surface area contributed by atoms with Gasteiger partial charge in [-0.25, -0.2) is 4.98 Å². The van der Waals surface area contributed by atoms with Crippen molar-refractivity contribution in [2.45, 2.75) is 39.2 Å². The molecule has 0 spiro atoms. The molecular weight excluding hydrogens is 222 g/mol. The van der Waals surface area contributed by atoms with E-state index in [4.69, 9.17) is 10.7 Å². The molecule has 0 saturated heterocycles. The molecule has 2 aromatic rings. The van der Waals surface area contributed by atoms with Crippen LogP contribution in [0.25, 0.3) is 11.3 Å². The Kier molecular flexibility index (Phi) is 3.82. The van der Waals surface area contributed by atoms with Gasteiger partial charge in [0.1, 0.15) is 5.82 Å². The van der Waals surface area contributed by atoms with Gasteiger partial charge in [0.25, 0.3) is 0 Å². The number of nitrogens with one attached hydrogen (secondary N) is 1. The van der Waals surface area contributed by atoms with Crippen molar-refractivity contribution in [2.75, 3.05) is 0 Å². The Morgan fingerprint density at radius 2 is 1.83 bits per heavy atom. The molecule has 96 valence electrons. The van der Waals surface area contributed by atoms with Crippen molar-refractivity contribution >= 4 is 0 Å². The van der Waals surface area contributed by atoms with Crippen LogP contribution in [0.15, 0.2) is 30.3 Å². The lowest BCUT2D eigenvalue weighted by Gasteiger charge is -2.05. The highest BCUT2D eigenvalue weighted by Gasteiger charge is 2.15. The molecule has 18 heavy (non-hydrogen) atoms. The van der Waals surface area contributed by atoms with Gasteiger partial charge in [-0.2, -0.15) is 0 Å². The lowest BCUT2D eigenvalue weighted by atomic mass is 10.0. The Bertz CT molecular complexity index is 498. The standard InChI is InChI=1S/C15H21N3/c1-10(2)14-15(12-7-5-4-6-8-12)18-13(17-14)9-11(3)16/h4-8,10-11H,9,16H2,1-3H3,(H,17,18). The van der Waals surface area contributed by atoms with Gasteiger partial charge in [0.2, 0.25) is 0 Å². The molecule has 0 radical (unpaired) electrons. The van der Waals surface area contributed by atoms with Gasteiger partial charge in [-0.05, 0) is 12.8 Å². The number of aromatic nitrogens is 2. The van der Waals surface area contributed by atoms with Crippen LogP contribution in [0.3, 0.4) is 0 Å². The first-order valence-corrected chi connectivity index (χ1v) is 6.47. The summed E-state index contributed by atoms with van der Waals surface area (Å²) >= 11 is 0. The zero-order valence-electron chi connectivity index (χ0n) is 11.3.